The van der Waals surface area contributed by atoms with Crippen molar-refractivity contribution in [3.05, 3.63) is 65.9 Å². The topological polar surface area (TPSA) is 155 Å². The molecular weight excluding hydrogens is 586 g/mol. The second-order valence-corrected chi connectivity index (χ2v) is 12.1. The Balaban J connectivity index is 2.27. The highest BCUT2D eigenvalue weighted by Gasteiger charge is 2.34. The van der Waals surface area contributed by atoms with E-state index in [1.165, 1.54) is 55.6 Å². The van der Waals surface area contributed by atoms with Gasteiger partial charge in [0.15, 0.2) is 0 Å². The minimum absolute atomic E-state index is 0.0113. The van der Waals surface area contributed by atoms with Crippen molar-refractivity contribution in [3.8, 4) is 22.4 Å². The number of aliphatic carboxylic acids is 1. The predicted molar refractivity (Wildman–Crippen MR) is 155 cm³/mol. The molecule has 0 fully saturated rings. The third kappa shape index (κ3) is 8.69. The quantitative estimate of drug-likeness (QED) is 0.185. The van der Waals surface area contributed by atoms with E-state index < -0.39 is 58.1 Å². The maximum Gasteiger partial charge on any atom is 0.306 e. The molecule has 4 N–H and O–H groups in total. The Bertz CT molecular complexity index is 1520. The lowest BCUT2D eigenvalue weighted by Crippen LogP contribution is -2.28. The van der Waals surface area contributed by atoms with Crippen LogP contribution < -0.4 is 4.72 Å². The van der Waals surface area contributed by atoms with Crippen LogP contribution in [0.5, 0.6) is 0 Å². The maximum absolute atomic E-state index is 14.0. The number of halogens is 2. The van der Waals surface area contributed by atoms with E-state index in [-0.39, 0.29) is 42.8 Å². The van der Waals surface area contributed by atoms with Crippen LogP contribution in [0.25, 0.3) is 22.4 Å². The molecule has 234 valence electrons. The van der Waals surface area contributed by atoms with E-state index in [2.05, 4.69) is 9.46 Å². The van der Waals surface area contributed by atoms with Gasteiger partial charge in [-0.25, -0.2) is 21.9 Å². The minimum Gasteiger partial charge on any atom is -0.481 e. The van der Waals surface area contributed by atoms with E-state index in [4.69, 9.17) is 5.11 Å². The molecule has 3 aromatic rings. The van der Waals surface area contributed by atoms with Crippen molar-refractivity contribution in [1.29, 1.82) is 0 Å². The molecule has 3 rings (SSSR count). The number of carboxylic acid groups (broad SMARTS) is 1. The Morgan fingerprint density at radius 2 is 1.51 bits per heavy atom. The predicted octanol–water partition coefficient (Wildman–Crippen LogP) is 4.04. The van der Waals surface area contributed by atoms with Gasteiger partial charge in [-0.3, -0.25) is 9.59 Å². The van der Waals surface area contributed by atoms with Crippen molar-refractivity contribution in [3.63, 3.8) is 0 Å². The molecule has 0 aliphatic heterocycles. The molecule has 0 amide bonds. The van der Waals surface area contributed by atoms with E-state index in [0.29, 0.717) is 22.5 Å². The smallest absolute Gasteiger partial charge is 0.306 e. The van der Waals surface area contributed by atoms with E-state index in [1.54, 1.807) is 18.4 Å². The third-order valence-corrected chi connectivity index (χ3v) is 8.35. The number of hydrogen-bond donors (Lipinski definition) is 4. The van der Waals surface area contributed by atoms with Gasteiger partial charge in [0, 0.05) is 24.3 Å². The number of benzene rings is 2. The van der Waals surface area contributed by atoms with E-state index >= 15 is 0 Å². The Labute approximate surface area is 249 Å². The summed E-state index contributed by atoms with van der Waals surface area (Å²) in [7, 11) is -3.15. The Morgan fingerprint density at radius 3 is 2.02 bits per heavy atom. The maximum atomic E-state index is 14.0. The lowest BCUT2D eigenvalue weighted by atomic mass is 10.00. The number of aliphatic hydroxyl groups excluding tert-OH is 2. The van der Waals surface area contributed by atoms with Crippen LogP contribution in [0.4, 0.5) is 8.78 Å². The van der Waals surface area contributed by atoms with E-state index in [1.807, 2.05) is 0 Å². The zero-order valence-electron chi connectivity index (χ0n) is 24.1. The van der Waals surface area contributed by atoms with E-state index in [0.717, 1.165) is 0 Å². The van der Waals surface area contributed by atoms with Crippen LogP contribution in [0.3, 0.4) is 0 Å². The number of methoxy groups -OCH3 is 1. The molecule has 0 aliphatic carbocycles. The number of aromatic nitrogens is 1. The summed E-state index contributed by atoms with van der Waals surface area (Å²) in [6.07, 6.45) is -3.41. The van der Waals surface area contributed by atoms with Crippen molar-refractivity contribution in [2.75, 3.05) is 13.7 Å². The SMILES string of the molecule is COC(=O)CCNS(=O)(=O)c1c(-c2ccc(F)cc2)c(-c2ccc(F)cc2)n(CC[C@@H](O)C[C@@H](O)CC(=O)O)c1C(C)C. The highest BCUT2D eigenvalue weighted by Crippen LogP contribution is 2.44. The third-order valence-electron chi connectivity index (χ3n) is 6.81. The molecule has 2 aromatic carbocycles. The lowest BCUT2D eigenvalue weighted by Gasteiger charge is -2.20. The first-order valence-electron chi connectivity index (χ1n) is 13.7. The Hall–Kier alpha value is -3.65. The number of nitrogens with one attached hydrogen (secondary N) is 1. The number of sulfonamides is 1. The van der Waals surface area contributed by atoms with Crippen molar-refractivity contribution in [2.45, 2.75) is 69.1 Å². The number of esters is 1. The molecule has 0 saturated carbocycles. The average Bonchev–Trinajstić information content (AvgIpc) is 3.28. The summed E-state index contributed by atoms with van der Waals surface area (Å²) < 4.78 is 64.7. The molecular formula is C30H36F2N2O8S. The molecule has 13 heteroatoms. The molecule has 0 aliphatic rings. The number of ether oxygens (including phenoxy) is 1. The molecule has 10 nitrogen and oxygen atoms in total. The molecule has 0 spiro atoms. The molecule has 1 aromatic heterocycles. The van der Waals surface area contributed by atoms with E-state index in [9.17, 15) is 37.0 Å². The van der Waals surface area contributed by atoms with Crippen molar-refractivity contribution in [1.82, 2.24) is 9.29 Å². The second-order valence-electron chi connectivity index (χ2n) is 10.4. The summed E-state index contributed by atoms with van der Waals surface area (Å²) in [6, 6.07) is 10.6. The highest BCUT2D eigenvalue weighted by molar-refractivity contribution is 7.89. The van der Waals surface area contributed by atoms with Gasteiger partial charge < -0.3 is 24.6 Å². The monoisotopic (exact) mass is 622 g/mol. The van der Waals surface area contributed by atoms with Gasteiger partial charge in [0.1, 0.15) is 16.5 Å². The average molecular weight is 623 g/mol. The Morgan fingerprint density at radius 1 is 0.953 bits per heavy atom. The van der Waals surface area contributed by atoms with Gasteiger partial charge >= 0.3 is 11.9 Å². The number of carboxylic acids is 1. The Kier molecular flexibility index (Phi) is 11.6. The van der Waals surface area contributed by atoms with Crippen LogP contribution in [-0.4, -0.2) is 66.1 Å². The standard InChI is InChI=1S/C30H36F2N2O8S/c1-18(2)28-30(43(40,41)33-14-12-26(39)42-3)27(19-4-8-21(31)9-5-19)29(20-6-10-22(32)11-7-20)34(28)15-13-23(35)16-24(36)17-25(37)38/h4-11,18,23-24,33,35-36H,12-17H2,1-3H3,(H,37,38)/t23-,24-/m1/s1. The normalized spacial score (nSPS) is 13.2. The molecule has 0 unspecified atom stereocenters. The summed E-state index contributed by atoms with van der Waals surface area (Å²) in [4.78, 5) is 22.5. The summed E-state index contributed by atoms with van der Waals surface area (Å²) in [5.74, 6) is -3.32. The first-order valence-corrected chi connectivity index (χ1v) is 15.2. The van der Waals surface area contributed by atoms with Crippen LogP contribution in [0, 0.1) is 11.6 Å². The number of carbonyl (C=O) groups is 2. The summed E-state index contributed by atoms with van der Waals surface area (Å²) in [5, 5.41) is 29.6. The molecule has 2 atom stereocenters. The molecule has 0 saturated heterocycles. The summed E-state index contributed by atoms with van der Waals surface area (Å²) in [6.45, 7) is 3.32. The number of carbonyl (C=O) groups excluding carboxylic acids is 1. The van der Waals surface area contributed by atoms with Gasteiger partial charge in [0.05, 0.1) is 37.9 Å². The number of rotatable bonds is 15. The zero-order chi connectivity index (χ0) is 31.9. The van der Waals surface area contributed by atoms with Crippen LogP contribution in [0.1, 0.15) is 51.1 Å². The van der Waals surface area contributed by atoms with Gasteiger partial charge in [-0.05, 0) is 66.3 Å². The fourth-order valence-electron chi connectivity index (χ4n) is 4.94. The minimum atomic E-state index is -4.33. The lowest BCUT2D eigenvalue weighted by molar-refractivity contribution is -0.141. The van der Waals surface area contributed by atoms with Crippen molar-refractivity contribution in [2.24, 2.45) is 0 Å². The van der Waals surface area contributed by atoms with Crippen LogP contribution in [-0.2, 0) is 30.9 Å². The fraction of sp³-hybridized carbons (Fsp3) is 0.400. The first kappa shape index (κ1) is 33.8. The van der Waals surface area contributed by atoms with Gasteiger partial charge in [-0.2, -0.15) is 0 Å². The highest BCUT2D eigenvalue weighted by atomic mass is 32.2. The van der Waals surface area contributed by atoms with Gasteiger partial charge in [0.25, 0.3) is 0 Å². The zero-order valence-corrected chi connectivity index (χ0v) is 24.9. The van der Waals surface area contributed by atoms with Crippen molar-refractivity contribution < 1.29 is 46.8 Å². The number of nitrogens with zero attached hydrogens (tertiary/aromatic N) is 1. The van der Waals surface area contributed by atoms with Crippen LogP contribution >= 0.6 is 0 Å². The second kappa shape index (κ2) is 14.7. The fourth-order valence-corrected chi connectivity index (χ4v) is 6.56. The molecule has 0 bridgehead atoms. The first-order chi connectivity index (χ1) is 20.2. The molecule has 1 heterocycles. The number of aliphatic hydroxyl groups is 2. The van der Waals surface area contributed by atoms with Crippen LogP contribution in [0.2, 0.25) is 0 Å². The van der Waals surface area contributed by atoms with Gasteiger partial charge in [-0.1, -0.05) is 26.0 Å². The summed E-state index contributed by atoms with van der Waals surface area (Å²) >= 11 is 0. The number of hydrogen-bond acceptors (Lipinski definition) is 7. The molecule has 0 radical (unpaired) electrons. The van der Waals surface area contributed by atoms with Gasteiger partial charge in [0.2, 0.25) is 10.0 Å². The van der Waals surface area contributed by atoms with Crippen LogP contribution in [0.15, 0.2) is 53.4 Å². The van der Waals surface area contributed by atoms with Crippen molar-refractivity contribution >= 4 is 22.0 Å². The molecule has 43 heavy (non-hydrogen) atoms. The summed E-state index contributed by atoms with van der Waals surface area (Å²) in [5.41, 5.74) is 1.71. The van der Waals surface area contributed by atoms with Gasteiger partial charge in [-0.15, -0.1) is 0 Å². The largest absolute Gasteiger partial charge is 0.481 e.